The van der Waals surface area contributed by atoms with E-state index in [4.69, 9.17) is 5.73 Å². The number of primary amides is 1. The van der Waals surface area contributed by atoms with E-state index in [9.17, 15) is 13.2 Å². The highest BCUT2D eigenvalue weighted by Gasteiger charge is 2.15. The molecular weight excluding hydrogens is 280 g/mol. The number of carbonyl (C=O) groups excluding carboxylic acids is 1. The first-order valence-electron chi connectivity index (χ1n) is 5.79. The fourth-order valence-corrected chi connectivity index (χ4v) is 2.69. The second-order valence-corrected chi connectivity index (χ2v) is 5.86. The fourth-order valence-electron chi connectivity index (χ4n) is 1.66. The molecule has 0 atom stereocenters. The third kappa shape index (κ3) is 3.03. The molecule has 0 spiro atoms. The fraction of sp³-hybridized carbons (Fsp3) is 0.167. The first-order valence-corrected chi connectivity index (χ1v) is 7.27. The largest absolute Gasteiger partial charge is 0.373 e. The second-order valence-electron chi connectivity index (χ2n) is 4.09. The van der Waals surface area contributed by atoms with Crippen molar-refractivity contribution in [3.05, 3.63) is 30.3 Å². The molecule has 20 heavy (non-hydrogen) atoms. The lowest BCUT2D eigenvalue weighted by atomic mass is 10.2. The van der Waals surface area contributed by atoms with Gasteiger partial charge in [0.1, 0.15) is 5.82 Å². The van der Waals surface area contributed by atoms with E-state index in [0.29, 0.717) is 16.7 Å². The van der Waals surface area contributed by atoms with Crippen LogP contribution in [0.2, 0.25) is 0 Å². The normalized spacial score (nSPS) is 11.4. The van der Waals surface area contributed by atoms with Gasteiger partial charge in [-0.1, -0.05) is 0 Å². The lowest BCUT2D eigenvalue weighted by Crippen LogP contribution is -2.33. The van der Waals surface area contributed by atoms with Gasteiger partial charge in [-0.25, -0.2) is 18.1 Å². The maximum absolute atomic E-state index is 12.0. The van der Waals surface area contributed by atoms with Crippen LogP contribution in [0.5, 0.6) is 0 Å². The van der Waals surface area contributed by atoms with Crippen molar-refractivity contribution in [3.63, 3.8) is 0 Å². The molecular formula is C12H14N4O3S. The lowest BCUT2D eigenvalue weighted by molar-refractivity contribution is -0.116. The van der Waals surface area contributed by atoms with Gasteiger partial charge in [0.25, 0.3) is 0 Å². The van der Waals surface area contributed by atoms with Crippen LogP contribution in [0.25, 0.3) is 10.9 Å². The van der Waals surface area contributed by atoms with Gasteiger partial charge in [0.15, 0.2) is 0 Å². The number of hydrogen-bond acceptors (Lipinski definition) is 5. The predicted octanol–water partition coefficient (Wildman–Crippen LogP) is 0.0401. The molecule has 0 aliphatic carbocycles. The number of carbonyl (C=O) groups is 1. The maximum Gasteiger partial charge on any atom is 0.241 e. The first kappa shape index (κ1) is 14.2. The summed E-state index contributed by atoms with van der Waals surface area (Å²) < 4.78 is 26.0. The molecule has 0 aliphatic heterocycles. The zero-order valence-corrected chi connectivity index (χ0v) is 11.6. The van der Waals surface area contributed by atoms with Crippen molar-refractivity contribution in [3.8, 4) is 0 Å². The van der Waals surface area contributed by atoms with E-state index in [1.165, 1.54) is 12.1 Å². The molecule has 2 rings (SSSR count). The Morgan fingerprint density at radius 1 is 1.30 bits per heavy atom. The number of benzene rings is 1. The number of sulfonamides is 1. The van der Waals surface area contributed by atoms with Gasteiger partial charge in [-0.3, -0.25) is 4.79 Å². The van der Waals surface area contributed by atoms with Crippen LogP contribution in [-0.2, 0) is 14.8 Å². The van der Waals surface area contributed by atoms with E-state index < -0.39 is 22.5 Å². The van der Waals surface area contributed by atoms with Gasteiger partial charge in [0, 0.05) is 12.4 Å². The number of nitrogens with zero attached hydrogens (tertiary/aromatic N) is 1. The van der Waals surface area contributed by atoms with E-state index in [2.05, 4.69) is 15.0 Å². The number of fused-ring (bicyclic) bond motifs is 1. The van der Waals surface area contributed by atoms with Gasteiger partial charge in [0.2, 0.25) is 15.9 Å². The van der Waals surface area contributed by atoms with E-state index in [-0.39, 0.29) is 4.90 Å². The topological polar surface area (TPSA) is 114 Å². The molecule has 0 saturated heterocycles. The minimum Gasteiger partial charge on any atom is -0.373 e. The lowest BCUT2D eigenvalue weighted by Gasteiger charge is -2.07. The smallest absolute Gasteiger partial charge is 0.241 e. The number of amides is 1. The minimum absolute atomic E-state index is 0.0604. The van der Waals surface area contributed by atoms with E-state index in [1.54, 1.807) is 25.2 Å². The molecule has 1 aromatic heterocycles. The molecule has 2 aromatic rings. The van der Waals surface area contributed by atoms with Gasteiger partial charge in [-0.05, 0) is 30.3 Å². The van der Waals surface area contributed by atoms with E-state index >= 15 is 0 Å². The zero-order chi connectivity index (χ0) is 14.8. The summed E-state index contributed by atoms with van der Waals surface area (Å²) in [6.07, 6.45) is 0. The molecule has 106 valence electrons. The standard InChI is InChI=1S/C12H14N4O3S/c1-14-12-5-2-8-6-9(3-4-10(8)16-12)20(18,19)15-7-11(13)17/h2-6,15H,7H2,1H3,(H2,13,17)(H,14,16). The van der Waals surface area contributed by atoms with Crippen molar-refractivity contribution < 1.29 is 13.2 Å². The van der Waals surface area contributed by atoms with Crippen molar-refractivity contribution in [2.45, 2.75) is 4.90 Å². The molecule has 1 amide bonds. The van der Waals surface area contributed by atoms with Crippen molar-refractivity contribution in [1.82, 2.24) is 9.71 Å². The van der Waals surface area contributed by atoms with E-state index in [1.807, 2.05) is 0 Å². The zero-order valence-electron chi connectivity index (χ0n) is 10.8. The summed E-state index contributed by atoms with van der Waals surface area (Å²) in [6.45, 7) is -0.433. The molecule has 0 radical (unpaired) electrons. The number of rotatable bonds is 5. The van der Waals surface area contributed by atoms with Gasteiger partial charge < -0.3 is 11.1 Å². The van der Waals surface area contributed by atoms with Gasteiger partial charge in [0.05, 0.1) is 17.0 Å². The third-order valence-electron chi connectivity index (χ3n) is 2.66. The van der Waals surface area contributed by atoms with Crippen molar-refractivity contribution in [1.29, 1.82) is 0 Å². The Bertz CT molecular complexity index is 758. The average Bonchev–Trinajstić information content (AvgIpc) is 2.44. The maximum atomic E-state index is 12.0. The monoisotopic (exact) mass is 294 g/mol. The summed E-state index contributed by atoms with van der Waals surface area (Å²) in [6, 6.07) is 8.04. The Kier molecular flexibility index (Phi) is 3.86. The van der Waals surface area contributed by atoms with E-state index in [0.717, 1.165) is 0 Å². The summed E-state index contributed by atoms with van der Waals surface area (Å²) in [4.78, 5) is 15.0. The van der Waals surface area contributed by atoms with Crippen LogP contribution in [0, 0.1) is 0 Å². The summed E-state index contributed by atoms with van der Waals surface area (Å²) in [7, 11) is -2.01. The quantitative estimate of drug-likeness (QED) is 0.720. The minimum atomic E-state index is -3.76. The van der Waals surface area contributed by atoms with Crippen molar-refractivity contribution in [2.75, 3.05) is 18.9 Å². The highest BCUT2D eigenvalue weighted by molar-refractivity contribution is 7.89. The van der Waals surface area contributed by atoms with Crippen LogP contribution < -0.4 is 15.8 Å². The van der Waals surface area contributed by atoms with Gasteiger partial charge >= 0.3 is 0 Å². The Hall–Kier alpha value is -2.19. The summed E-state index contributed by atoms with van der Waals surface area (Å²) in [5, 5.41) is 3.59. The van der Waals surface area contributed by atoms with Crippen molar-refractivity contribution in [2.24, 2.45) is 5.73 Å². The van der Waals surface area contributed by atoms with Gasteiger partial charge in [-0.2, -0.15) is 0 Å². The molecule has 0 fully saturated rings. The molecule has 0 saturated carbocycles. The number of aromatic nitrogens is 1. The predicted molar refractivity (Wildman–Crippen MR) is 75.7 cm³/mol. The van der Waals surface area contributed by atoms with Crippen LogP contribution in [0.15, 0.2) is 35.2 Å². The second kappa shape index (κ2) is 5.43. The number of nitrogens with one attached hydrogen (secondary N) is 2. The molecule has 0 aliphatic rings. The van der Waals surface area contributed by atoms with Crippen LogP contribution in [0.1, 0.15) is 0 Å². The summed E-state index contributed by atoms with van der Waals surface area (Å²) in [5.74, 6) is -0.0466. The third-order valence-corrected chi connectivity index (χ3v) is 4.06. The molecule has 0 unspecified atom stereocenters. The Labute approximate surface area is 116 Å². The molecule has 8 heteroatoms. The number of hydrogen-bond donors (Lipinski definition) is 3. The SMILES string of the molecule is CNc1ccc2cc(S(=O)(=O)NCC(N)=O)ccc2n1. The number of anilines is 1. The Morgan fingerprint density at radius 2 is 2.05 bits per heavy atom. The van der Waals surface area contributed by atoms with Crippen LogP contribution in [0.3, 0.4) is 0 Å². The summed E-state index contributed by atoms with van der Waals surface area (Å²) >= 11 is 0. The first-order chi connectivity index (χ1) is 9.42. The summed E-state index contributed by atoms with van der Waals surface area (Å²) in [5.41, 5.74) is 5.59. The van der Waals surface area contributed by atoms with Crippen LogP contribution in [-0.4, -0.2) is 32.9 Å². The highest BCUT2D eigenvalue weighted by Crippen LogP contribution is 2.19. The van der Waals surface area contributed by atoms with Crippen LogP contribution in [0.4, 0.5) is 5.82 Å². The average molecular weight is 294 g/mol. The molecule has 4 N–H and O–H groups in total. The van der Waals surface area contributed by atoms with Gasteiger partial charge in [-0.15, -0.1) is 0 Å². The molecule has 7 nitrogen and oxygen atoms in total. The molecule has 1 heterocycles. The van der Waals surface area contributed by atoms with Crippen molar-refractivity contribution >= 4 is 32.7 Å². The molecule has 0 bridgehead atoms. The highest BCUT2D eigenvalue weighted by atomic mass is 32.2. The number of nitrogens with two attached hydrogens (primary N) is 1. The molecule has 1 aromatic carbocycles. The van der Waals surface area contributed by atoms with Crippen LogP contribution >= 0.6 is 0 Å². The number of pyridine rings is 1. The Morgan fingerprint density at radius 3 is 2.70 bits per heavy atom. The Balaban J connectivity index is 2.38.